The standard InChI is InChI=1S/C27H35N3O4S2/c1-23(28-35(31,32)26-14-8-4-9-15-26)18-20-30(22-25-12-6-3-7-13-25)21-19-24(2)29-36(33,34)27-16-10-5-11-17-27/h3-17,23-24,28-29H,18-22H2,1-2H3. The van der Waals surface area contributed by atoms with E-state index in [9.17, 15) is 16.8 Å². The minimum atomic E-state index is -3.58. The number of hydrogen-bond donors (Lipinski definition) is 2. The van der Waals surface area contributed by atoms with Gasteiger partial charge in [-0.3, -0.25) is 4.90 Å². The van der Waals surface area contributed by atoms with Gasteiger partial charge in [0, 0.05) is 18.6 Å². The smallest absolute Gasteiger partial charge is 0.240 e. The zero-order chi connectivity index (χ0) is 26.0. The summed E-state index contributed by atoms with van der Waals surface area (Å²) in [5.41, 5.74) is 1.15. The fourth-order valence-corrected chi connectivity index (χ4v) is 6.45. The Kier molecular flexibility index (Phi) is 10.2. The molecule has 0 radical (unpaired) electrons. The van der Waals surface area contributed by atoms with E-state index in [0.29, 0.717) is 32.5 Å². The molecule has 0 saturated heterocycles. The molecule has 0 aliphatic carbocycles. The SMILES string of the molecule is CC(CCN(CCC(C)NS(=O)(=O)c1ccccc1)Cc1ccccc1)NS(=O)(=O)c1ccccc1. The molecule has 2 atom stereocenters. The van der Waals surface area contributed by atoms with Gasteiger partial charge in [0.05, 0.1) is 9.79 Å². The maximum Gasteiger partial charge on any atom is 0.240 e. The molecule has 0 spiro atoms. The lowest BCUT2D eigenvalue weighted by Gasteiger charge is -2.26. The monoisotopic (exact) mass is 529 g/mol. The summed E-state index contributed by atoms with van der Waals surface area (Å²) in [6, 6.07) is 26.2. The number of sulfonamides is 2. The molecule has 0 aromatic heterocycles. The molecule has 9 heteroatoms. The Labute approximate surface area is 215 Å². The van der Waals surface area contributed by atoms with E-state index in [1.54, 1.807) is 60.7 Å². The molecule has 2 unspecified atom stereocenters. The summed E-state index contributed by atoms with van der Waals surface area (Å²) in [6.45, 7) is 5.73. The van der Waals surface area contributed by atoms with Crippen LogP contribution in [-0.2, 0) is 26.6 Å². The van der Waals surface area contributed by atoms with Crippen molar-refractivity contribution < 1.29 is 16.8 Å². The molecule has 0 aliphatic heterocycles. The molecule has 194 valence electrons. The number of nitrogens with one attached hydrogen (secondary N) is 2. The molecule has 3 rings (SSSR count). The van der Waals surface area contributed by atoms with Gasteiger partial charge in [0.25, 0.3) is 0 Å². The van der Waals surface area contributed by atoms with E-state index < -0.39 is 20.0 Å². The van der Waals surface area contributed by atoms with E-state index in [1.165, 1.54) is 0 Å². The first-order valence-corrected chi connectivity index (χ1v) is 15.0. The summed E-state index contributed by atoms with van der Waals surface area (Å²) < 4.78 is 56.1. The summed E-state index contributed by atoms with van der Waals surface area (Å²) in [5, 5.41) is 0. The highest BCUT2D eigenvalue weighted by Gasteiger charge is 2.20. The van der Waals surface area contributed by atoms with Crippen molar-refractivity contribution in [3.05, 3.63) is 96.6 Å². The van der Waals surface area contributed by atoms with Crippen LogP contribution in [0.2, 0.25) is 0 Å². The van der Waals surface area contributed by atoms with E-state index in [0.717, 1.165) is 5.56 Å². The number of benzene rings is 3. The average Bonchev–Trinajstić information content (AvgIpc) is 2.87. The normalized spacial score (nSPS) is 14.0. The van der Waals surface area contributed by atoms with Gasteiger partial charge in [-0.2, -0.15) is 0 Å². The molecular weight excluding hydrogens is 494 g/mol. The third-order valence-corrected chi connectivity index (χ3v) is 9.04. The second kappa shape index (κ2) is 13.1. The lowest BCUT2D eigenvalue weighted by Crippen LogP contribution is -2.38. The Morgan fingerprint density at radius 2 is 0.972 bits per heavy atom. The van der Waals surface area contributed by atoms with E-state index >= 15 is 0 Å². The molecule has 0 heterocycles. The maximum absolute atomic E-state index is 12.7. The van der Waals surface area contributed by atoms with Crippen molar-refractivity contribution in [1.29, 1.82) is 0 Å². The Morgan fingerprint density at radius 3 is 1.36 bits per heavy atom. The third kappa shape index (κ3) is 8.83. The first kappa shape index (κ1) is 28.0. The van der Waals surface area contributed by atoms with Crippen molar-refractivity contribution in [3.8, 4) is 0 Å². The number of hydrogen-bond acceptors (Lipinski definition) is 5. The van der Waals surface area contributed by atoms with Crippen LogP contribution in [0.5, 0.6) is 0 Å². The molecule has 0 amide bonds. The lowest BCUT2D eigenvalue weighted by molar-refractivity contribution is 0.244. The summed E-state index contributed by atoms with van der Waals surface area (Å²) in [4.78, 5) is 2.73. The molecular formula is C27H35N3O4S2. The van der Waals surface area contributed by atoms with Crippen LogP contribution >= 0.6 is 0 Å². The van der Waals surface area contributed by atoms with Gasteiger partial charge in [-0.1, -0.05) is 66.7 Å². The first-order chi connectivity index (χ1) is 17.2. The van der Waals surface area contributed by atoms with Gasteiger partial charge in [0.1, 0.15) is 0 Å². The van der Waals surface area contributed by atoms with Crippen LogP contribution in [0.15, 0.2) is 101 Å². The zero-order valence-electron chi connectivity index (χ0n) is 20.7. The predicted octanol–water partition coefficient (Wildman–Crippen LogP) is 4.00. The van der Waals surface area contributed by atoms with Crippen molar-refractivity contribution >= 4 is 20.0 Å². The van der Waals surface area contributed by atoms with Crippen LogP contribution in [0, 0.1) is 0 Å². The van der Waals surface area contributed by atoms with Crippen molar-refractivity contribution in [1.82, 2.24) is 14.3 Å². The van der Waals surface area contributed by atoms with Crippen LogP contribution in [-0.4, -0.2) is 46.9 Å². The molecule has 0 saturated carbocycles. The highest BCUT2D eigenvalue weighted by atomic mass is 32.2. The van der Waals surface area contributed by atoms with Crippen molar-refractivity contribution in [3.63, 3.8) is 0 Å². The van der Waals surface area contributed by atoms with Gasteiger partial charge in [-0.25, -0.2) is 26.3 Å². The van der Waals surface area contributed by atoms with Gasteiger partial charge < -0.3 is 0 Å². The van der Waals surface area contributed by atoms with Crippen molar-refractivity contribution in [2.24, 2.45) is 0 Å². The van der Waals surface area contributed by atoms with Gasteiger partial charge in [-0.15, -0.1) is 0 Å². The second-order valence-electron chi connectivity index (χ2n) is 9.01. The van der Waals surface area contributed by atoms with Gasteiger partial charge in [0.15, 0.2) is 0 Å². The fourth-order valence-electron chi connectivity index (χ4n) is 3.85. The minimum absolute atomic E-state index is 0.248. The number of rotatable bonds is 14. The summed E-state index contributed by atoms with van der Waals surface area (Å²) in [6.07, 6.45) is 1.23. The van der Waals surface area contributed by atoms with Crippen LogP contribution in [0.25, 0.3) is 0 Å². The van der Waals surface area contributed by atoms with E-state index in [4.69, 9.17) is 0 Å². The van der Waals surface area contributed by atoms with E-state index in [-0.39, 0.29) is 21.9 Å². The highest BCUT2D eigenvalue weighted by Crippen LogP contribution is 2.13. The van der Waals surface area contributed by atoms with Gasteiger partial charge in [0.2, 0.25) is 20.0 Å². The highest BCUT2D eigenvalue weighted by molar-refractivity contribution is 7.89. The Morgan fingerprint density at radius 1 is 0.611 bits per heavy atom. The quantitative estimate of drug-likeness (QED) is 0.329. The van der Waals surface area contributed by atoms with Gasteiger partial charge in [-0.05, 0) is 69.6 Å². The molecule has 3 aromatic carbocycles. The van der Waals surface area contributed by atoms with Crippen LogP contribution in [0.4, 0.5) is 0 Å². The summed E-state index contributed by atoms with van der Waals surface area (Å²) in [7, 11) is -7.17. The maximum atomic E-state index is 12.7. The summed E-state index contributed by atoms with van der Waals surface area (Å²) in [5.74, 6) is 0. The third-order valence-electron chi connectivity index (χ3n) is 5.83. The van der Waals surface area contributed by atoms with Crippen LogP contribution in [0.1, 0.15) is 32.3 Å². The van der Waals surface area contributed by atoms with Crippen LogP contribution < -0.4 is 9.44 Å². The molecule has 0 bridgehead atoms. The molecule has 2 N–H and O–H groups in total. The fraction of sp³-hybridized carbons (Fsp3) is 0.333. The molecule has 0 fully saturated rings. The largest absolute Gasteiger partial charge is 0.299 e. The lowest BCUT2D eigenvalue weighted by atomic mass is 10.1. The van der Waals surface area contributed by atoms with Crippen molar-refractivity contribution in [2.75, 3.05) is 13.1 Å². The average molecular weight is 530 g/mol. The topological polar surface area (TPSA) is 95.6 Å². The zero-order valence-corrected chi connectivity index (χ0v) is 22.4. The predicted molar refractivity (Wildman–Crippen MR) is 143 cm³/mol. The van der Waals surface area contributed by atoms with Gasteiger partial charge >= 0.3 is 0 Å². The Bertz CT molecular complexity index is 1190. The van der Waals surface area contributed by atoms with Crippen molar-refractivity contribution in [2.45, 2.75) is 55.1 Å². The molecule has 3 aromatic rings. The molecule has 0 aliphatic rings. The number of nitrogens with zero attached hydrogens (tertiary/aromatic N) is 1. The minimum Gasteiger partial charge on any atom is -0.299 e. The van der Waals surface area contributed by atoms with Crippen LogP contribution in [0.3, 0.4) is 0 Å². The molecule has 36 heavy (non-hydrogen) atoms. The van der Waals surface area contributed by atoms with E-state index in [1.807, 2.05) is 32.0 Å². The second-order valence-corrected chi connectivity index (χ2v) is 12.4. The first-order valence-electron chi connectivity index (χ1n) is 12.1. The molecule has 7 nitrogen and oxygen atoms in total. The summed E-state index contributed by atoms with van der Waals surface area (Å²) >= 11 is 0. The Hall–Kier alpha value is -2.56. The van der Waals surface area contributed by atoms with E-state index in [2.05, 4.69) is 26.5 Å². The Balaban J connectivity index is 1.59.